The molecule has 0 radical (unpaired) electrons. The van der Waals surface area contributed by atoms with Gasteiger partial charge in [-0.3, -0.25) is 4.32 Å². The Morgan fingerprint density at radius 1 is 1.62 bits per heavy atom. The predicted molar refractivity (Wildman–Crippen MR) is 22.0 cm³/mol. The fraction of sp³-hybridized carbons (Fsp3) is 0. The van der Waals surface area contributed by atoms with Crippen LogP contribution >= 0.6 is 0 Å². The van der Waals surface area contributed by atoms with E-state index in [1.807, 2.05) is 0 Å². The summed E-state index contributed by atoms with van der Waals surface area (Å²) in [5.74, 6) is -3.37. The van der Waals surface area contributed by atoms with Crippen molar-refractivity contribution in [3.05, 3.63) is 0 Å². The van der Waals surface area contributed by atoms with Crippen LogP contribution in [0.25, 0.3) is 0 Å². The standard InChI is InChI=1S/C2H2BFO4/c4-3-8-2(7)1(5)6/h3H,(H,5,6). The van der Waals surface area contributed by atoms with E-state index in [2.05, 4.69) is 4.65 Å². The van der Waals surface area contributed by atoms with Crippen LogP contribution in [0.1, 0.15) is 0 Å². The summed E-state index contributed by atoms with van der Waals surface area (Å²) in [6.45, 7) is 0. The van der Waals surface area contributed by atoms with Crippen LogP contribution < -0.4 is 0 Å². The van der Waals surface area contributed by atoms with Gasteiger partial charge in [-0.05, 0) is 0 Å². The molecule has 1 N–H and O–H groups in total. The van der Waals surface area contributed by atoms with Gasteiger partial charge in [0.15, 0.2) is 0 Å². The number of aliphatic carboxylic acids is 1. The number of carboxylic acids is 1. The van der Waals surface area contributed by atoms with E-state index in [0.717, 1.165) is 0 Å². The first-order chi connectivity index (χ1) is 3.68. The molecule has 0 aliphatic heterocycles. The zero-order valence-electron chi connectivity index (χ0n) is 3.76. The third kappa shape index (κ3) is 2.17. The highest BCUT2D eigenvalue weighted by Crippen LogP contribution is 1.74. The lowest BCUT2D eigenvalue weighted by molar-refractivity contribution is -0.158. The molecule has 0 saturated carbocycles. The number of hydrogen-bond donors (Lipinski definition) is 1. The van der Waals surface area contributed by atoms with Crippen LogP contribution in [0.4, 0.5) is 4.32 Å². The summed E-state index contributed by atoms with van der Waals surface area (Å²) in [5, 5.41) is 7.67. The third-order valence-electron chi connectivity index (χ3n) is 0.360. The molecule has 44 valence electrons. The topological polar surface area (TPSA) is 63.6 Å². The first kappa shape index (κ1) is 6.93. The summed E-state index contributed by atoms with van der Waals surface area (Å²) in [6, 6.07) is 0. The maximum absolute atomic E-state index is 10.9. The normalized spacial score (nSPS) is 7.62. The summed E-state index contributed by atoms with van der Waals surface area (Å²) in [5.41, 5.74) is 0. The third-order valence-corrected chi connectivity index (χ3v) is 0.360. The van der Waals surface area contributed by atoms with Gasteiger partial charge in [-0.2, -0.15) is 0 Å². The lowest BCUT2D eigenvalue weighted by atomic mass is 10.5. The molecule has 6 heteroatoms. The molecule has 0 aliphatic rings. The van der Waals surface area contributed by atoms with Crippen molar-refractivity contribution < 1.29 is 23.7 Å². The fourth-order valence-electron chi connectivity index (χ4n) is 0.111. The lowest BCUT2D eigenvalue weighted by Crippen LogP contribution is -2.16. The number of carbonyl (C=O) groups is 2. The minimum atomic E-state index is -1.79. The first-order valence-electron chi connectivity index (χ1n) is 1.64. The predicted octanol–water partition coefficient (Wildman–Crippen LogP) is -1.15. The quantitative estimate of drug-likeness (QED) is 0.350. The molecule has 0 rings (SSSR count). The Balaban J connectivity index is 3.49. The Kier molecular flexibility index (Phi) is 2.61. The minimum Gasteiger partial charge on any atom is -0.501 e. The van der Waals surface area contributed by atoms with E-state index in [1.165, 1.54) is 0 Å². The van der Waals surface area contributed by atoms with Crippen LogP contribution in [0, 0.1) is 0 Å². The maximum atomic E-state index is 10.9. The Morgan fingerprint density at radius 2 is 2.12 bits per heavy atom. The number of halogens is 1. The summed E-state index contributed by atoms with van der Waals surface area (Å²) in [4.78, 5) is 19.1. The summed E-state index contributed by atoms with van der Waals surface area (Å²) < 4.78 is 14.3. The van der Waals surface area contributed by atoms with E-state index in [4.69, 9.17) is 5.11 Å². The number of carbonyl (C=O) groups excluding carboxylic acids is 1. The molecule has 0 bridgehead atoms. The second-order valence-electron chi connectivity index (χ2n) is 0.846. The average Bonchev–Trinajstić information content (AvgIpc) is 1.67. The molecular formula is C2H2BFO4. The Bertz CT molecular complexity index is 113. The molecule has 0 unspecified atom stereocenters. The summed E-state index contributed by atoms with van der Waals surface area (Å²) in [6.07, 6.45) is 0. The smallest absolute Gasteiger partial charge is 0.501 e. The van der Waals surface area contributed by atoms with Gasteiger partial charge in [-0.15, -0.1) is 0 Å². The van der Waals surface area contributed by atoms with Gasteiger partial charge in [0.2, 0.25) is 0 Å². The van der Waals surface area contributed by atoms with Gasteiger partial charge in [0.1, 0.15) is 0 Å². The van der Waals surface area contributed by atoms with Crippen molar-refractivity contribution in [2.75, 3.05) is 0 Å². The molecule has 0 aromatic heterocycles. The highest BCUT2D eigenvalue weighted by Gasteiger charge is 2.11. The van der Waals surface area contributed by atoms with Crippen LogP contribution in [0.5, 0.6) is 0 Å². The van der Waals surface area contributed by atoms with E-state index in [9.17, 15) is 13.9 Å². The van der Waals surface area contributed by atoms with Crippen molar-refractivity contribution in [3.8, 4) is 0 Å². The summed E-state index contributed by atoms with van der Waals surface area (Å²) >= 11 is 0. The molecule has 8 heavy (non-hydrogen) atoms. The highest BCUT2D eigenvalue weighted by atomic mass is 19.1. The van der Waals surface area contributed by atoms with Crippen LogP contribution in [0.2, 0.25) is 0 Å². The van der Waals surface area contributed by atoms with E-state index in [0.29, 0.717) is 0 Å². The van der Waals surface area contributed by atoms with Crippen LogP contribution in [-0.2, 0) is 14.2 Å². The van der Waals surface area contributed by atoms with Crippen molar-refractivity contribution in [1.29, 1.82) is 0 Å². The molecule has 0 aromatic rings. The second-order valence-corrected chi connectivity index (χ2v) is 0.846. The van der Waals surface area contributed by atoms with Gasteiger partial charge in [-0.1, -0.05) is 0 Å². The molecule has 0 aromatic carbocycles. The Labute approximate surface area is 44.6 Å². The van der Waals surface area contributed by atoms with Gasteiger partial charge in [0.05, 0.1) is 0 Å². The highest BCUT2D eigenvalue weighted by molar-refractivity contribution is 6.36. The molecular weight excluding hydrogens is 118 g/mol. The first-order valence-corrected chi connectivity index (χ1v) is 1.64. The van der Waals surface area contributed by atoms with Gasteiger partial charge < -0.3 is 9.76 Å². The van der Waals surface area contributed by atoms with E-state index < -0.39 is 19.7 Å². The van der Waals surface area contributed by atoms with E-state index in [-0.39, 0.29) is 0 Å². The van der Waals surface area contributed by atoms with Crippen LogP contribution in [-0.4, -0.2) is 24.8 Å². The van der Waals surface area contributed by atoms with Crippen molar-refractivity contribution in [2.24, 2.45) is 0 Å². The molecule has 0 heterocycles. The molecule has 0 saturated heterocycles. The van der Waals surface area contributed by atoms with Crippen molar-refractivity contribution >= 4 is 19.7 Å². The van der Waals surface area contributed by atoms with Crippen molar-refractivity contribution in [1.82, 2.24) is 0 Å². The Morgan fingerprint density at radius 3 is 2.25 bits per heavy atom. The van der Waals surface area contributed by atoms with E-state index >= 15 is 0 Å². The Hall–Kier alpha value is -1.07. The second kappa shape index (κ2) is 3.01. The minimum absolute atomic E-state index is 1.40. The monoisotopic (exact) mass is 120 g/mol. The van der Waals surface area contributed by atoms with Gasteiger partial charge in [0, 0.05) is 0 Å². The molecule has 0 aliphatic carbocycles. The number of rotatable bonds is 1. The number of carboxylic acid groups (broad SMARTS) is 1. The maximum Gasteiger partial charge on any atom is 0.549 e. The lowest BCUT2D eigenvalue weighted by Gasteiger charge is -1.88. The van der Waals surface area contributed by atoms with Gasteiger partial charge in [0.25, 0.3) is 0 Å². The molecule has 0 atom stereocenters. The number of hydrogen-bond acceptors (Lipinski definition) is 3. The molecule has 0 spiro atoms. The summed E-state index contributed by atoms with van der Waals surface area (Å²) in [7, 11) is -1.40. The van der Waals surface area contributed by atoms with Crippen molar-refractivity contribution in [3.63, 3.8) is 0 Å². The average molecular weight is 120 g/mol. The van der Waals surface area contributed by atoms with Gasteiger partial charge >= 0.3 is 19.7 Å². The van der Waals surface area contributed by atoms with Crippen molar-refractivity contribution in [2.45, 2.75) is 0 Å². The van der Waals surface area contributed by atoms with Gasteiger partial charge in [-0.25, -0.2) is 9.59 Å². The van der Waals surface area contributed by atoms with E-state index in [1.54, 1.807) is 0 Å². The zero-order valence-corrected chi connectivity index (χ0v) is 3.76. The zero-order chi connectivity index (χ0) is 6.57. The fourth-order valence-corrected chi connectivity index (χ4v) is 0.111. The molecule has 0 amide bonds. The van der Waals surface area contributed by atoms with Crippen LogP contribution in [0.15, 0.2) is 0 Å². The molecule has 0 fully saturated rings. The SMILES string of the molecule is O=C(O)C(=O)OBF. The largest absolute Gasteiger partial charge is 0.549 e. The van der Waals surface area contributed by atoms with Crippen LogP contribution in [0.3, 0.4) is 0 Å². The molecule has 4 nitrogen and oxygen atoms in total.